The van der Waals surface area contributed by atoms with E-state index in [1.54, 1.807) is 24.3 Å². The predicted octanol–water partition coefficient (Wildman–Crippen LogP) is 2.48. The lowest BCUT2D eigenvalue weighted by Crippen LogP contribution is -2.50. The smallest absolute Gasteiger partial charge is 0.225 e. The van der Waals surface area contributed by atoms with Crippen molar-refractivity contribution in [2.45, 2.75) is 13.8 Å². The van der Waals surface area contributed by atoms with Gasteiger partial charge < -0.3 is 21.1 Å². The monoisotopic (exact) mass is 494 g/mol. The molecule has 1 aliphatic rings. The SMILES string of the molecule is CC(C)C(=O)N1CCN(c2nc(-c3ccc(F)cc3)c(-c3ccc(F)cc3)nc2/C(=N/N)NN)CC1. The van der Waals surface area contributed by atoms with Gasteiger partial charge in [0.15, 0.2) is 17.3 Å². The average Bonchev–Trinajstić information content (AvgIpc) is 2.90. The van der Waals surface area contributed by atoms with Crippen molar-refractivity contribution in [1.29, 1.82) is 0 Å². The van der Waals surface area contributed by atoms with E-state index < -0.39 is 5.82 Å². The van der Waals surface area contributed by atoms with E-state index in [4.69, 9.17) is 21.7 Å². The number of rotatable bonds is 5. The third-order valence-electron chi connectivity index (χ3n) is 5.99. The second-order valence-electron chi connectivity index (χ2n) is 8.70. The molecular formula is C25H28F2N8O. The van der Waals surface area contributed by atoms with Gasteiger partial charge in [-0.3, -0.25) is 4.79 Å². The molecule has 9 nitrogen and oxygen atoms in total. The Morgan fingerprint density at radius 3 is 1.86 bits per heavy atom. The summed E-state index contributed by atoms with van der Waals surface area (Å²) in [4.78, 5) is 26.0. The number of piperazine rings is 1. The van der Waals surface area contributed by atoms with Gasteiger partial charge in [0.25, 0.3) is 0 Å². The first-order chi connectivity index (χ1) is 17.3. The van der Waals surface area contributed by atoms with Gasteiger partial charge in [0.2, 0.25) is 5.91 Å². The molecule has 0 unspecified atom stereocenters. The topological polar surface area (TPSA) is 126 Å². The Balaban J connectivity index is 1.86. The number of nitrogens with one attached hydrogen (secondary N) is 1. The van der Waals surface area contributed by atoms with Crippen molar-refractivity contribution in [3.63, 3.8) is 0 Å². The molecule has 0 spiro atoms. The third kappa shape index (κ3) is 5.10. The van der Waals surface area contributed by atoms with Crippen LogP contribution in [0.4, 0.5) is 14.6 Å². The second kappa shape index (κ2) is 10.6. The van der Waals surface area contributed by atoms with Gasteiger partial charge in [-0.2, -0.15) is 5.10 Å². The van der Waals surface area contributed by atoms with Crippen LogP contribution in [0.1, 0.15) is 19.5 Å². The number of aromatic nitrogens is 2. The third-order valence-corrected chi connectivity index (χ3v) is 5.99. The summed E-state index contributed by atoms with van der Waals surface area (Å²) in [6, 6.07) is 11.7. The first kappa shape index (κ1) is 25.0. The molecule has 188 valence electrons. The number of hydrazone groups is 1. The van der Waals surface area contributed by atoms with Crippen LogP contribution in [0.15, 0.2) is 53.6 Å². The summed E-state index contributed by atoms with van der Waals surface area (Å²) in [7, 11) is 0. The first-order valence-corrected chi connectivity index (χ1v) is 11.5. The number of nitrogens with zero attached hydrogens (tertiary/aromatic N) is 5. The number of hydrogen-bond acceptors (Lipinski definition) is 7. The van der Waals surface area contributed by atoms with E-state index in [1.807, 2.05) is 23.6 Å². The molecule has 11 heteroatoms. The number of carbonyl (C=O) groups is 1. The number of amides is 1. The Labute approximate surface area is 207 Å². The summed E-state index contributed by atoms with van der Waals surface area (Å²) >= 11 is 0. The van der Waals surface area contributed by atoms with Crippen LogP contribution in [0.3, 0.4) is 0 Å². The summed E-state index contributed by atoms with van der Waals surface area (Å²) in [5, 5.41) is 3.74. The largest absolute Gasteiger partial charge is 0.351 e. The number of halogens is 2. The summed E-state index contributed by atoms with van der Waals surface area (Å²) in [6.45, 7) is 5.77. The quantitative estimate of drug-likeness (QED) is 0.215. The molecule has 2 heterocycles. The standard InChI is InChI=1S/C25H28F2N8O/c1-15(2)25(36)35-13-11-34(12-14-35)24-22(23(32-28)33-29)30-20(16-3-7-18(26)8-4-16)21(31-24)17-5-9-19(27)10-6-17/h3-10,15H,11-14,28-29H2,1-2H3,(H,32,33). The normalized spacial score (nSPS) is 14.3. The van der Waals surface area contributed by atoms with Crippen LogP contribution in [-0.4, -0.2) is 52.8 Å². The lowest BCUT2D eigenvalue weighted by Gasteiger charge is -2.37. The number of carbonyl (C=O) groups excluding carboxylic acids is 1. The molecule has 2 aromatic carbocycles. The van der Waals surface area contributed by atoms with E-state index in [2.05, 4.69) is 10.5 Å². The van der Waals surface area contributed by atoms with E-state index in [0.717, 1.165) is 0 Å². The summed E-state index contributed by atoms with van der Waals surface area (Å²) in [5.41, 5.74) is 4.87. The minimum Gasteiger partial charge on any atom is -0.351 e. The van der Waals surface area contributed by atoms with Crippen molar-refractivity contribution >= 4 is 17.6 Å². The van der Waals surface area contributed by atoms with Gasteiger partial charge in [0.1, 0.15) is 11.6 Å². The van der Waals surface area contributed by atoms with Gasteiger partial charge in [0.05, 0.1) is 11.4 Å². The van der Waals surface area contributed by atoms with Crippen molar-refractivity contribution in [3.05, 3.63) is 65.9 Å². The fraction of sp³-hybridized carbons (Fsp3) is 0.280. The summed E-state index contributed by atoms with van der Waals surface area (Å²) < 4.78 is 27.3. The maximum absolute atomic E-state index is 13.7. The van der Waals surface area contributed by atoms with Crippen LogP contribution < -0.4 is 22.0 Å². The molecule has 3 aromatic rings. The van der Waals surface area contributed by atoms with E-state index >= 15 is 0 Å². The Hall–Kier alpha value is -4.12. The van der Waals surface area contributed by atoms with Gasteiger partial charge in [-0.15, -0.1) is 0 Å². The highest BCUT2D eigenvalue weighted by Gasteiger charge is 2.28. The zero-order chi connectivity index (χ0) is 25.8. The Morgan fingerprint density at radius 1 is 0.917 bits per heavy atom. The highest BCUT2D eigenvalue weighted by Crippen LogP contribution is 2.33. The highest BCUT2D eigenvalue weighted by atomic mass is 19.1. The fourth-order valence-corrected chi connectivity index (χ4v) is 4.09. The average molecular weight is 495 g/mol. The lowest BCUT2D eigenvalue weighted by molar-refractivity contribution is -0.134. The molecule has 1 saturated heterocycles. The van der Waals surface area contributed by atoms with Crippen molar-refractivity contribution in [2.24, 2.45) is 22.7 Å². The molecule has 1 fully saturated rings. The molecule has 0 atom stereocenters. The molecule has 36 heavy (non-hydrogen) atoms. The van der Waals surface area contributed by atoms with Crippen molar-refractivity contribution < 1.29 is 13.6 Å². The molecule has 4 rings (SSSR count). The van der Waals surface area contributed by atoms with Crippen LogP contribution in [0.2, 0.25) is 0 Å². The van der Waals surface area contributed by atoms with E-state index in [9.17, 15) is 13.6 Å². The van der Waals surface area contributed by atoms with E-state index in [0.29, 0.717) is 60.2 Å². The number of benzene rings is 2. The highest BCUT2D eigenvalue weighted by molar-refractivity contribution is 6.02. The number of hydrazine groups is 1. The molecule has 0 aliphatic carbocycles. The molecule has 1 aliphatic heterocycles. The van der Waals surface area contributed by atoms with Crippen molar-refractivity contribution in [2.75, 3.05) is 31.1 Å². The van der Waals surface area contributed by atoms with Crippen molar-refractivity contribution in [1.82, 2.24) is 20.3 Å². The fourth-order valence-electron chi connectivity index (χ4n) is 4.09. The zero-order valence-electron chi connectivity index (χ0n) is 20.1. The van der Waals surface area contributed by atoms with Gasteiger partial charge >= 0.3 is 0 Å². The molecule has 5 N–H and O–H groups in total. The minimum absolute atomic E-state index is 0.0902. The zero-order valence-corrected chi connectivity index (χ0v) is 20.1. The molecule has 1 aromatic heterocycles. The molecule has 0 saturated carbocycles. The number of anilines is 1. The summed E-state index contributed by atoms with van der Waals surface area (Å²) in [5.74, 6) is 11.1. The van der Waals surface area contributed by atoms with Crippen LogP contribution in [-0.2, 0) is 4.79 Å². The van der Waals surface area contributed by atoms with Crippen molar-refractivity contribution in [3.8, 4) is 22.5 Å². The first-order valence-electron chi connectivity index (χ1n) is 11.5. The number of nitrogens with two attached hydrogens (primary N) is 2. The van der Waals surface area contributed by atoms with Crippen LogP contribution >= 0.6 is 0 Å². The minimum atomic E-state index is -0.395. The van der Waals surface area contributed by atoms with E-state index in [-0.39, 0.29) is 23.5 Å². The Bertz CT molecular complexity index is 1250. The Morgan fingerprint density at radius 2 is 1.42 bits per heavy atom. The molecule has 0 radical (unpaired) electrons. The Kier molecular flexibility index (Phi) is 7.39. The number of amidine groups is 1. The maximum atomic E-state index is 13.7. The van der Waals surface area contributed by atoms with Gasteiger partial charge in [-0.1, -0.05) is 13.8 Å². The number of hydrogen-bond donors (Lipinski definition) is 3. The van der Waals surface area contributed by atoms with Gasteiger partial charge in [-0.05, 0) is 48.5 Å². The predicted molar refractivity (Wildman–Crippen MR) is 134 cm³/mol. The molecule has 1 amide bonds. The van der Waals surface area contributed by atoms with Crippen LogP contribution in [0, 0.1) is 17.6 Å². The van der Waals surface area contributed by atoms with E-state index in [1.165, 1.54) is 24.3 Å². The maximum Gasteiger partial charge on any atom is 0.225 e. The molecular weight excluding hydrogens is 466 g/mol. The summed E-state index contributed by atoms with van der Waals surface area (Å²) in [6.07, 6.45) is 0. The molecule has 0 bridgehead atoms. The van der Waals surface area contributed by atoms with Gasteiger partial charge in [-0.25, -0.2) is 24.6 Å². The van der Waals surface area contributed by atoms with Crippen LogP contribution in [0.5, 0.6) is 0 Å². The lowest BCUT2D eigenvalue weighted by atomic mass is 10.0. The van der Waals surface area contributed by atoms with Gasteiger partial charge in [0, 0.05) is 43.2 Å². The second-order valence-corrected chi connectivity index (χ2v) is 8.70. The van der Waals surface area contributed by atoms with Crippen LogP contribution in [0.25, 0.3) is 22.5 Å².